The maximum Gasteiger partial charge on any atom is 0.280 e. The molecule has 3 atom stereocenters. The molecule has 1 unspecified atom stereocenters. The molecule has 2 aromatic heterocycles. The van der Waals surface area contributed by atoms with E-state index in [1.807, 2.05) is 50.3 Å². The molecule has 0 radical (unpaired) electrons. The Bertz CT molecular complexity index is 1440. The van der Waals surface area contributed by atoms with Gasteiger partial charge in [-0.05, 0) is 107 Å². The topological polar surface area (TPSA) is 81.7 Å². The lowest BCUT2D eigenvalue weighted by molar-refractivity contribution is 0.0737. The summed E-state index contributed by atoms with van der Waals surface area (Å²) in [5.74, 6) is 0.435. The lowest BCUT2D eigenvalue weighted by Gasteiger charge is -2.34. The smallest absolute Gasteiger partial charge is 0.280 e. The van der Waals surface area contributed by atoms with Crippen LogP contribution in [0, 0.1) is 11.3 Å². The van der Waals surface area contributed by atoms with E-state index in [0.717, 1.165) is 66.9 Å². The normalized spacial score (nSPS) is 20.1. The largest absolute Gasteiger partial charge is 0.343 e. The molecule has 0 bridgehead atoms. The summed E-state index contributed by atoms with van der Waals surface area (Å²) in [6.45, 7) is 9.62. The van der Waals surface area contributed by atoms with Crippen LogP contribution >= 0.6 is 11.3 Å². The second kappa shape index (κ2) is 12.4. The van der Waals surface area contributed by atoms with Crippen LogP contribution in [0.3, 0.4) is 0 Å². The Labute approximate surface area is 254 Å². The van der Waals surface area contributed by atoms with Crippen LogP contribution in [-0.2, 0) is 12.8 Å². The number of hydrogen-bond acceptors (Lipinski definition) is 7. The summed E-state index contributed by atoms with van der Waals surface area (Å²) in [6.07, 6.45) is 4.82. The molecule has 1 fully saturated rings. The molecule has 1 aliphatic carbocycles. The molecule has 3 heterocycles. The molecular formula is C33H46N6O2S. The van der Waals surface area contributed by atoms with Crippen molar-refractivity contribution in [2.24, 2.45) is 11.3 Å². The number of pyridine rings is 1. The molecule has 42 heavy (non-hydrogen) atoms. The van der Waals surface area contributed by atoms with Gasteiger partial charge in [0.05, 0.1) is 6.04 Å². The molecule has 8 nitrogen and oxygen atoms in total. The van der Waals surface area contributed by atoms with Crippen LogP contribution in [0.15, 0.2) is 30.3 Å². The fraction of sp³-hybridized carbons (Fsp3) is 0.576. The summed E-state index contributed by atoms with van der Waals surface area (Å²) in [5, 5.41) is 3.67. The van der Waals surface area contributed by atoms with Gasteiger partial charge in [0, 0.05) is 30.9 Å². The predicted octanol–water partition coefficient (Wildman–Crippen LogP) is 5.04. The monoisotopic (exact) mass is 590 g/mol. The van der Waals surface area contributed by atoms with Crippen LogP contribution in [0.5, 0.6) is 0 Å². The van der Waals surface area contributed by atoms with Crippen molar-refractivity contribution in [1.29, 1.82) is 0 Å². The first-order chi connectivity index (χ1) is 19.9. The number of aromatic nitrogens is 2. The van der Waals surface area contributed by atoms with Crippen molar-refractivity contribution < 1.29 is 9.59 Å². The fourth-order valence-corrected chi connectivity index (χ4v) is 7.11. The number of benzene rings is 1. The molecule has 2 aliphatic rings. The highest BCUT2D eigenvalue weighted by Crippen LogP contribution is 2.38. The van der Waals surface area contributed by atoms with Crippen LogP contribution in [0.1, 0.15) is 83.1 Å². The van der Waals surface area contributed by atoms with E-state index in [0.29, 0.717) is 22.9 Å². The van der Waals surface area contributed by atoms with E-state index < -0.39 is 0 Å². The van der Waals surface area contributed by atoms with Gasteiger partial charge in [-0.3, -0.25) is 9.59 Å². The van der Waals surface area contributed by atoms with Gasteiger partial charge in [0.1, 0.15) is 10.3 Å². The summed E-state index contributed by atoms with van der Waals surface area (Å²) in [7, 11) is 8.04. The summed E-state index contributed by atoms with van der Waals surface area (Å²) in [6, 6.07) is 9.85. The van der Waals surface area contributed by atoms with E-state index in [-0.39, 0.29) is 29.3 Å². The quantitative estimate of drug-likeness (QED) is 0.396. The van der Waals surface area contributed by atoms with Gasteiger partial charge < -0.3 is 20.0 Å². The average Bonchev–Trinajstić information content (AvgIpc) is 3.58. The maximum absolute atomic E-state index is 13.6. The summed E-state index contributed by atoms with van der Waals surface area (Å²) in [5.41, 5.74) is 5.05. The molecule has 1 N–H and O–H groups in total. The fourth-order valence-electron chi connectivity index (χ4n) is 6.26. The van der Waals surface area contributed by atoms with Gasteiger partial charge in [-0.1, -0.05) is 44.2 Å². The Morgan fingerprint density at radius 2 is 1.93 bits per heavy atom. The molecule has 0 spiro atoms. The van der Waals surface area contributed by atoms with Crippen LogP contribution in [0.25, 0.3) is 10.3 Å². The highest BCUT2D eigenvalue weighted by atomic mass is 32.1. The lowest BCUT2D eigenvalue weighted by atomic mass is 9.71. The minimum absolute atomic E-state index is 0.0183. The number of carbonyl (C=O) groups excluding carboxylic acids is 2. The first-order valence-corrected chi connectivity index (χ1v) is 16.0. The zero-order valence-corrected chi connectivity index (χ0v) is 27.1. The van der Waals surface area contributed by atoms with E-state index in [1.54, 1.807) is 0 Å². The van der Waals surface area contributed by atoms with Crippen LogP contribution < -0.4 is 5.32 Å². The molecule has 1 aliphatic heterocycles. The summed E-state index contributed by atoms with van der Waals surface area (Å²) in [4.78, 5) is 43.7. The third kappa shape index (κ3) is 6.84. The highest BCUT2D eigenvalue weighted by Gasteiger charge is 2.31. The number of carbonyl (C=O) groups is 2. The van der Waals surface area contributed by atoms with Gasteiger partial charge >= 0.3 is 0 Å². The number of aryl methyl sites for hydroxylation is 1. The van der Waals surface area contributed by atoms with Gasteiger partial charge in [0.25, 0.3) is 11.8 Å². The molecular weight excluding hydrogens is 544 g/mol. The van der Waals surface area contributed by atoms with Gasteiger partial charge in [-0.2, -0.15) is 0 Å². The maximum atomic E-state index is 13.6. The van der Waals surface area contributed by atoms with Gasteiger partial charge in [-0.25, -0.2) is 9.97 Å². The van der Waals surface area contributed by atoms with Crippen molar-refractivity contribution in [1.82, 2.24) is 30.0 Å². The number of fused-ring (bicyclic) bond motifs is 2. The van der Waals surface area contributed by atoms with Crippen molar-refractivity contribution in [2.45, 2.75) is 65.0 Å². The molecule has 2 amide bonds. The van der Waals surface area contributed by atoms with Crippen molar-refractivity contribution >= 4 is 33.5 Å². The average molecular weight is 591 g/mol. The third-order valence-corrected chi connectivity index (χ3v) is 10.1. The van der Waals surface area contributed by atoms with Crippen LogP contribution in [0.4, 0.5) is 0 Å². The zero-order chi connectivity index (χ0) is 30.2. The van der Waals surface area contributed by atoms with Crippen molar-refractivity contribution in [3.63, 3.8) is 0 Å². The molecule has 1 aromatic carbocycles. The first kappa shape index (κ1) is 30.6. The number of nitrogens with zero attached hydrogens (tertiary/aromatic N) is 5. The van der Waals surface area contributed by atoms with Crippen molar-refractivity contribution in [2.75, 3.05) is 47.8 Å². The second-order valence-corrected chi connectivity index (χ2v) is 14.6. The minimum atomic E-state index is -0.253. The number of nitrogens with one attached hydrogen (secondary N) is 1. The zero-order valence-electron chi connectivity index (χ0n) is 26.2. The van der Waals surface area contributed by atoms with Gasteiger partial charge in [0.2, 0.25) is 0 Å². The Morgan fingerprint density at radius 1 is 1.14 bits per heavy atom. The third-order valence-electron chi connectivity index (χ3n) is 9.11. The summed E-state index contributed by atoms with van der Waals surface area (Å²) >= 11 is 1.36. The van der Waals surface area contributed by atoms with Crippen LogP contribution in [0.2, 0.25) is 0 Å². The number of thiazole rings is 1. The SMILES string of the molecule is CN(C)CC[C@@H](NC(=O)c1nc2cc3c(nc2s1)CC[C@H](C(C)(C)C)C3)c1cccc(C(=O)N(C)C2CCN(C)C2)c1. The molecule has 5 rings (SSSR count). The van der Waals surface area contributed by atoms with E-state index in [4.69, 9.17) is 9.97 Å². The number of likely N-dealkylation sites (tertiary alicyclic amines) is 1. The first-order valence-electron chi connectivity index (χ1n) is 15.2. The van der Waals surface area contributed by atoms with Gasteiger partial charge in [-0.15, -0.1) is 0 Å². The van der Waals surface area contributed by atoms with Crippen molar-refractivity contribution in [3.05, 3.63) is 57.7 Å². The molecule has 0 saturated carbocycles. The molecule has 3 aromatic rings. The predicted molar refractivity (Wildman–Crippen MR) is 170 cm³/mol. The number of hydrogen-bond donors (Lipinski definition) is 1. The van der Waals surface area contributed by atoms with Crippen LogP contribution in [-0.4, -0.2) is 90.3 Å². The van der Waals surface area contributed by atoms with Gasteiger partial charge in [0.15, 0.2) is 5.01 Å². The Morgan fingerprint density at radius 3 is 2.62 bits per heavy atom. The summed E-state index contributed by atoms with van der Waals surface area (Å²) < 4.78 is 0. The van der Waals surface area contributed by atoms with E-state index in [1.165, 1.54) is 16.9 Å². The minimum Gasteiger partial charge on any atom is -0.343 e. The molecule has 9 heteroatoms. The van der Waals surface area contributed by atoms with E-state index in [2.05, 4.69) is 49.0 Å². The number of likely N-dealkylation sites (N-methyl/N-ethyl adjacent to an activating group) is 2. The highest BCUT2D eigenvalue weighted by molar-refractivity contribution is 7.19. The Balaban J connectivity index is 1.35. The molecule has 226 valence electrons. The Hall–Kier alpha value is -2.88. The van der Waals surface area contributed by atoms with Crippen molar-refractivity contribution in [3.8, 4) is 0 Å². The van der Waals surface area contributed by atoms with E-state index >= 15 is 0 Å². The lowest BCUT2D eigenvalue weighted by Crippen LogP contribution is -2.38. The standard InChI is InChI=1S/C33H46N6O2S/c1-33(2,3)24-11-12-26-23(18-24)19-28-30(35-26)42-31(36-28)29(40)34-27(14-15-37(4)5)21-9-8-10-22(17-21)32(41)39(7)25-13-16-38(6)20-25/h8-10,17,19,24-25,27H,11-16,18,20H2,1-7H3,(H,34,40)/t24-,25?,27+/m0/s1. The van der Waals surface area contributed by atoms with E-state index in [9.17, 15) is 9.59 Å². The molecule has 1 saturated heterocycles. The number of amides is 2. The Kier molecular flexibility index (Phi) is 9.02. The second-order valence-electron chi connectivity index (χ2n) is 13.6. The number of rotatable bonds is 8.